The SMILES string of the molecule is CC(C)(C)CC(=O)NCC(=O)NC1CCCc2cc(N)ccc21.Cl. The van der Waals surface area contributed by atoms with Crippen LogP contribution >= 0.6 is 12.4 Å². The van der Waals surface area contributed by atoms with Crippen LogP contribution in [-0.2, 0) is 16.0 Å². The number of carbonyl (C=O) groups is 2. The van der Waals surface area contributed by atoms with Gasteiger partial charge in [-0.05, 0) is 47.9 Å². The third kappa shape index (κ3) is 6.04. The molecule has 1 aromatic carbocycles. The highest BCUT2D eigenvalue weighted by molar-refractivity contribution is 5.85. The van der Waals surface area contributed by atoms with E-state index in [4.69, 9.17) is 5.73 Å². The standard InChI is InChI=1S/C18H27N3O2.ClH/c1-18(2,3)10-16(22)20-11-17(23)21-15-6-4-5-12-9-13(19)7-8-14(12)15;/h7-9,15H,4-6,10-11,19H2,1-3H3,(H,20,22)(H,21,23);1H. The van der Waals surface area contributed by atoms with Crippen LogP contribution in [0.25, 0.3) is 0 Å². The van der Waals surface area contributed by atoms with Crippen LogP contribution in [0.2, 0.25) is 0 Å². The van der Waals surface area contributed by atoms with E-state index in [0.29, 0.717) is 6.42 Å². The summed E-state index contributed by atoms with van der Waals surface area (Å²) in [5.74, 6) is -0.244. The van der Waals surface area contributed by atoms with E-state index in [1.807, 2.05) is 39.0 Å². The summed E-state index contributed by atoms with van der Waals surface area (Å²) in [4.78, 5) is 23.9. The lowest BCUT2D eigenvalue weighted by Crippen LogP contribution is -2.40. The Morgan fingerprint density at radius 2 is 1.96 bits per heavy atom. The lowest BCUT2D eigenvalue weighted by molar-refractivity contribution is -0.127. The monoisotopic (exact) mass is 353 g/mol. The fourth-order valence-electron chi connectivity index (χ4n) is 2.95. The third-order valence-corrected chi connectivity index (χ3v) is 3.95. The number of hydrogen-bond donors (Lipinski definition) is 3. The van der Waals surface area contributed by atoms with E-state index in [0.717, 1.165) is 30.5 Å². The van der Waals surface area contributed by atoms with Gasteiger partial charge in [0.25, 0.3) is 0 Å². The van der Waals surface area contributed by atoms with Crippen LogP contribution in [0.3, 0.4) is 0 Å². The summed E-state index contributed by atoms with van der Waals surface area (Å²) in [5, 5.41) is 5.71. The number of nitrogen functional groups attached to an aromatic ring is 1. The molecule has 1 atom stereocenters. The summed E-state index contributed by atoms with van der Waals surface area (Å²) in [6, 6.07) is 5.85. The molecular formula is C18H28ClN3O2. The molecule has 0 radical (unpaired) electrons. The molecule has 0 saturated heterocycles. The van der Waals surface area contributed by atoms with Crippen molar-refractivity contribution < 1.29 is 9.59 Å². The minimum absolute atomic E-state index is 0. The Bertz CT molecular complexity index is 596. The van der Waals surface area contributed by atoms with Gasteiger partial charge in [-0.15, -0.1) is 12.4 Å². The summed E-state index contributed by atoms with van der Waals surface area (Å²) in [6.07, 6.45) is 3.34. The zero-order valence-electron chi connectivity index (χ0n) is 14.6. The normalized spacial score (nSPS) is 16.5. The van der Waals surface area contributed by atoms with Crippen LogP contribution in [0, 0.1) is 5.41 Å². The second-order valence-corrected chi connectivity index (χ2v) is 7.48. The first-order valence-corrected chi connectivity index (χ1v) is 8.19. The third-order valence-electron chi connectivity index (χ3n) is 3.95. The van der Waals surface area contributed by atoms with Crippen LogP contribution in [0.4, 0.5) is 5.69 Å². The maximum absolute atomic E-state index is 12.1. The van der Waals surface area contributed by atoms with E-state index >= 15 is 0 Å². The molecule has 4 N–H and O–H groups in total. The topological polar surface area (TPSA) is 84.2 Å². The number of rotatable bonds is 4. The summed E-state index contributed by atoms with van der Waals surface area (Å²) in [5.41, 5.74) is 8.84. The van der Waals surface area contributed by atoms with E-state index in [-0.39, 0.29) is 42.2 Å². The van der Waals surface area contributed by atoms with Gasteiger partial charge in [0.15, 0.2) is 0 Å². The van der Waals surface area contributed by atoms with Gasteiger partial charge in [0.1, 0.15) is 0 Å². The van der Waals surface area contributed by atoms with Gasteiger partial charge in [-0.2, -0.15) is 0 Å². The maximum atomic E-state index is 12.1. The molecule has 0 saturated carbocycles. The second kappa shape index (κ2) is 8.38. The molecule has 1 aliphatic carbocycles. The quantitative estimate of drug-likeness (QED) is 0.727. The van der Waals surface area contributed by atoms with Gasteiger partial charge in [0, 0.05) is 12.1 Å². The molecular weight excluding hydrogens is 326 g/mol. The molecule has 2 amide bonds. The highest BCUT2D eigenvalue weighted by Gasteiger charge is 2.22. The predicted molar refractivity (Wildman–Crippen MR) is 99.0 cm³/mol. The van der Waals surface area contributed by atoms with Gasteiger partial charge in [-0.1, -0.05) is 26.8 Å². The Labute approximate surface area is 150 Å². The Balaban J connectivity index is 0.00000288. The van der Waals surface area contributed by atoms with Crippen molar-refractivity contribution in [3.63, 3.8) is 0 Å². The van der Waals surface area contributed by atoms with Crippen molar-refractivity contribution in [2.75, 3.05) is 12.3 Å². The number of nitrogens with two attached hydrogens (primary N) is 1. The lowest BCUT2D eigenvalue weighted by atomic mass is 9.87. The summed E-state index contributed by atoms with van der Waals surface area (Å²) >= 11 is 0. The number of benzene rings is 1. The predicted octanol–water partition coefficient (Wildman–Crippen LogP) is 2.74. The van der Waals surface area contributed by atoms with E-state index in [2.05, 4.69) is 10.6 Å². The Hall–Kier alpha value is -1.75. The van der Waals surface area contributed by atoms with E-state index in [1.54, 1.807) is 0 Å². The fraction of sp³-hybridized carbons (Fsp3) is 0.556. The molecule has 1 aliphatic rings. The lowest BCUT2D eigenvalue weighted by Gasteiger charge is -2.27. The van der Waals surface area contributed by atoms with Crippen molar-refractivity contribution in [3.05, 3.63) is 29.3 Å². The van der Waals surface area contributed by atoms with Gasteiger partial charge < -0.3 is 16.4 Å². The molecule has 6 heteroatoms. The molecule has 5 nitrogen and oxygen atoms in total. The van der Waals surface area contributed by atoms with Crippen molar-refractivity contribution >= 4 is 29.9 Å². The average Bonchev–Trinajstić information content (AvgIpc) is 2.43. The van der Waals surface area contributed by atoms with Crippen LogP contribution in [0.15, 0.2) is 18.2 Å². The molecule has 0 bridgehead atoms. The Kier molecular flexibility index (Phi) is 7.08. The van der Waals surface area contributed by atoms with E-state index in [1.165, 1.54) is 5.56 Å². The van der Waals surface area contributed by atoms with Crippen LogP contribution < -0.4 is 16.4 Å². The zero-order valence-corrected chi connectivity index (χ0v) is 15.5. The highest BCUT2D eigenvalue weighted by atomic mass is 35.5. The fourth-order valence-corrected chi connectivity index (χ4v) is 2.95. The molecule has 0 aromatic heterocycles. The first-order valence-electron chi connectivity index (χ1n) is 8.19. The van der Waals surface area contributed by atoms with Crippen LogP contribution in [0.1, 0.15) is 57.2 Å². The number of fused-ring (bicyclic) bond motifs is 1. The Morgan fingerprint density at radius 1 is 1.25 bits per heavy atom. The number of halogens is 1. The molecule has 0 fully saturated rings. The summed E-state index contributed by atoms with van der Waals surface area (Å²) in [7, 11) is 0. The van der Waals surface area contributed by atoms with Gasteiger partial charge in [-0.3, -0.25) is 9.59 Å². The molecule has 1 aromatic rings. The second-order valence-electron chi connectivity index (χ2n) is 7.48. The summed E-state index contributed by atoms with van der Waals surface area (Å²) < 4.78 is 0. The van der Waals surface area contributed by atoms with Gasteiger partial charge in [0.2, 0.25) is 11.8 Å². The van der Waals surface area contributed by atoms with Gasteiger partial charge in [0.05, 0.1) is 12.6 Å². The molecule has 134 valence electrons. The Morgan fingerprint density at radius 3 is 2.62 bits per heavy atom. The number of hydrogen-bond acceptors (Lipinski definition) is 3. The van der Waals surface area contributed by atoms with Crippen LogP contribution in [0.5, 0.6) is 0 Å². The van der Waals surface area contributed by atoms with Gasteiger partial charge in [-0.25, -0.2) is 0 Å². The number of amides is 2. The van der Waals surface area contributed by atoms with Crippen molar-refractivity contribution in [1.82, 2.24) is 10.6 Å². The van der Waals surface area contributed by atoms with E-state index < -0.39 is 0 Å². The molecule has 24 heavy (non-hydrogen) atoms. The maximum Gasteiger partial charge on any atom is 0.239 e. The summed E-state index contributed by atoms with van der Waals surface area (Å²) in [6.45, 7) is 6.02. The number of aryl methyl sites for hydroxylation is 1. The molecule has 0 spiro atoms. The number of carbonyl (C=O) groups excluding carboxylic acids is 2. The minimum Gasteiger partial charge on any atom is -0.399 e. The first-order chi connectivity index (χ1) is 10.7. The molecule has 0 heterocycles. The van der Waals surface area contributed by atoms with Crippen LogP contribution in [-0.4, -0.2) is 18.4 Å². The largest absolute Gasteiger partial charge is 0.399 e. The smallest absolute Gasteiger partial charge is 0.239 e. The zero-order chi connectivity index (χ0) is 17.0. The molecule has 1 unspecified atom stereocenters. The number of anilines is 1. The van der Waals surface area contributed by atoms with E-state index in [9.17, 15) is 9.59 Å². The van der Waals surface area contributed by atoms with Crippen molar-refractivity contribution in [2.45, 2.75) is 52.5 Å². The first kappa shape index (κ1) is 20.3. The van der Waals surface area contributed by atoms with Gasteiger partial charge >= 0.3 is 0 Å². The highest BCUT2D eigenvalue weighted by Crippen LogP contribution is 2.30. The van der Waals surface area contributed by atoms with Crippen molar-refractivity contribution in [3.8, 4) is 0 Å². The molecule has 0 aliphatic heterocycles. The van der Waals surface area contributed by atoms with Crippen molar-refractivity contribution in [2.24, 2.45) is 5.41 Å². The number of nitrogens with one attached hydrogen (secondary N) is 2. The average molecular weight is 354 g/mol. The minimum atomic E-state index is -0.151. The van der Waals surface area contributed by atoms with Crippen molar-refractivity contribution in [1.29, 1.82) is 0 Å². The molecule has 2 rings (SSSR count).